The number of carboxylic acid groups (broad SMARTS) is 1. The molecule has 1 saturated heterocycles. The van der Waals surface area contributed by atoms with Gasteiger partial charge < -0.3 is 15.1 Å². The molecule has 7 nitrogen and oxygen atoms in total. The van der Waals surface area contributed by atoms with Crippen LogP contribution in [0, 0.1) is 12.8 Å². The lowest BCUT2D eigenvalue weighted by atomic mass is 9.81. The molecule has 214 valence electrons. The summed E-state index contributed by atoms with van der Waals surface area (Å²) in [5, 5.41) is 21.0. The smallest absolute Gasteiger partial charge is 0.416 e. The lowest BCUT2D eigenvalue weighted by molar-refractivity contribution is -0.147. The third-order valence-corrected chi connectivity index (χ3v) is 7.18. The summed E-state index contributed by atoms with van der Waals surface area (Å²) >= 11 is 0. The van der Waals surface area contributed by atoms with Gasteiger partial charge in [0.25, 0.3) is 0 Å². The minimum atomic E-state index is -4.22. The number of pyridine rings is 1. The maximum absolute atomic E-state index is 13.0. The first-order chi connectivity index (χ1) is 18.7. The van der Waals surface area contributed by atoms with Crippen LogP contribution in [0.2, 0.25) is 0 Å². The molecule has 0 atom stereocenters. The zero-order chi connectivity index (χ0) is 28.6. The largest absolute Gasteiger partial charge is 0.481 e. The highest BCUT2D eigenvalue weighted by molar-refractivity contribution is 6.02. The third kappa shape index (κ3) is 7.94. The first-order valence-electron chi connectivity index (χ1n) is 13.6. The van der Waals surface area contributed by atoms with E-state index < -0.39 is 17.7 Å². The van der Waals surface area contributed by atoms with Gasteiger partial charge in [-0.1, -0.05) is 56.0 Å². The first kappa shape index (κ1) is 30.4. The number of halogens is 3. The molecule has 39 heavy (non-hydrogen) atoms. The van der Waals surface area contributed by atoms with E-state index in [2.05, 4.69) is 10.1 Å². The van der Waals surface area contributed by atoms with Crippen LogP contribution in [-0.4, -0.2) is 51.6 Å². The molecule has 5 rings (SSSR count). The zero-order valence-corrected chi connectivity index (χ0v) is 22.8. The van der Waals surface area contributed by atoms with Gasteiger partial charge in [0.1, 0.15) is 0 Å². The average molecular weight is 550 g/mol. The summed E-state index contributed by atoms with van der Waals surface area (Å²) in [4.78, 5) is 17.2. The van der Waals surface area contributed by atoms with Crippen LogP contribution in [0.3, 0.4) is 0 Å². The minimum absolute atomic E-state index is 0.0981. The number of hydrogen-bond donors (Lipinski definition) is 2. The van der Waals surface area contributed by atoms with Gasteiger partial charge in [-0.3, -0.25) is 9.69 Å². The summed E-state index contributed by atoms with van der Waals surface area (Å²) in [6, 6.07) is 8.43. The van der Waals surface area contributed by atoms with E-state index in [0.29, 0.717) is 55.4 Å². The molecule has 2 fully saturated rings. The number of likely N-dealkylation sites (tertiary alicyclic amines) is 1. The van der Waals surface area contributed by atoms with E-state index in [4.69, 9.17) is 15.1 Å². The molecule has 2 N–H and O–H groups in total. The fraction of sp³-hybridized carbons (Fsp3) is 0.552. The van der Waals surface area contributed by atoms with Crippen LogP contribution in [-0.2, 0) is 17.5 Å². The lowest BCUT2D eigenvalue weighted by Gasteiger charge is -2.36. The summed E-state index contributed by atoms with van der Waals surface area (Å²) in [5.41, 5.74) is 2.88. The fourth-order valence-corrected chi connectivity index (χ4v) is 5.15. The van der Waals surface area contributed by atoms with Gasteiger partial charge in [-0.25, -0.2) is 4.98 Å². The number of aryl methyl sites for hydroxylation is 1. The van der Waals surface area contributed by atoms with Gasteiger partial charge in [0.05, 0.1) is 35.1 Å². The van der Waals surface area contributed by atoms with E-state index >= 15 is 0 Å². The fourth-order valence-electron chi connectivity index (χ4n) is 5.15. The van der Waals surface area contributed by atoms with Gasteiger partial charge in [0.2, 0.25) is 5.88 Å². The Morgan fingerprint density at radius 2 is 1.82 bits per heavy atom. The Balaban J connectivity index is 0.000000205. The Bertz CT molecular complexity index is 1140. The van der Waals surface area contributed by atoms with Crippen molar-refractivity contribution in [1.82, 2.24) is 9.88 Å². The number of alkyl halides is 3. The molecule has 1 aliphatic carbocycles. The molecular weight excluding hydrogens is 511 g/mol. The molecule has 0 bridgehead atoms. The number of aromatic nitrogens is 1. The van der Waals surface area contributed by atoms with E-state index in [-0.39, 0.29) is 11.8 Å². The molecule has 2 aliphatic heterocycles. The van der Waals surface area contributed by atoms with Crippen molar-refractivity contribution in [3.63, 3.8) is 0 Å². The zero-order valence-electron chi connectivity index (χ0n) is 22.8. The molecule has 3 aliphatic rings. The predicted molar refractivity (Wildman–Crippen MR) is 142 cm³/mol. The van der Waals surface area contributed by atoms with Gasteiger partial charge in [-0.2, -0.15) is 13.2 Å². The number of rotatable bonds is 4. The van der Waals surface area contributed by atoms with E-state index in [0.717, 1.165) is 43.4 Å². The van der Waals surface area contributed by atoms with Crippen molar-refractivity contribution in [2.24, 2.45) is 11.1 Å². The Labute approximate surface area is 227 Å². The molecule has 1 saturated carbocycles. The van der Waals surface area contributed by atoms with E-state index in [9.17, 15) is 18.0 Å². The second-order valence-electron chi connectivity index (χ2n) is 9.95. The number of nitrogens with zero attached hydrogens (tertiary/aromatic N) is 3. The summed E-state index contributed by atoms with van der Waals surface area (Å²) in [6.45, 7) is 7.87. The number of hydrogen-bond acceptors (Lipinski definition) is 6. The van der Waals surface area contributed by atoms with Crippen molar-refractivity contribution in [2.45, 2.75) is 77.9 Å². The Kier molecular flexibility index (Phi) is 10.7. The van der Waals surface area contributed by atoms with Crippen LogP contribution in [0.4, 0.5) is 13.2 Å². The van der Waals surface area contributed by atoms with Crippen molar-refractivity contribution in [2.75, 3.05) is 19.7 Å². The number of oxime groups is 1. The second-order valence-corrected chi connectivity index (χ2v) is 9.95. The van der Waals surface area contributed by atoms with Crippen molar-refractivity contribution < 1.29 is 33.0 Å². The molecule has 3 heterocycles. The van der Waals surface area contributed by atoms with Crippen LogP contribution in [0.25, 0.3) is 0 Å². The van der Waals surface area contributed by atoms with Crippen LogP contribution in [0.1, 0.15) is 86.2 Å². The number of carboxylic acids is 1. The van der Waals surface area contributed by atoms with Crippen LogP contribution in [0.15, 0.2) is 35.5 Å². The van der Waals surface area contributed by atoms with Gasteiger partial charge in [0, 0.05) is 26.1 Å². The Morgan fingerprint density at radius 1 is 1.13 bits per heavy atom. The number of carbonyl (C=O) groups is 1. The highest BCUT2D eigenvalue weighted by atomic mass is 19.4. The van der Waals surface area contributed by atoms with E-state index in [1.807, 2.05) is 30.9 Å². The molecule has 0 spiro atoms. The summed E-state index contributed by atoms with van der Waals surface area (Å²) in [6.07, 6.45) is 1.39. The highest BCUT2D eigenvalue weighted by Crippen LogP contribution is 2.41. The summed E-state index contributed by atoms with van der Waals surface area (Å²) in [7, 11) is 0. The van der Waals surface area contributed by atoms with Crippen LogP contribution in [0.5, 0.6) is 5.88 Å². The van der Waals surface area contributed by atoms with Gasteiger partial charge in [-0.15, -0.1) is 0 Å². The van der Waals surface area contributed by atoms with Gasteiger partial charge >= 0.3 is 12.1 Å². The predicted octanol–water partition coefficient (Wildman–Crippen LogP) is 6.65. The topological polar surface area (TPSA) is 95.2 Å². The molecule has 1 aromatic carbocycles. The van der Waals surface area contributed by atoms with Gasteiger partial charge in [-0.05, 0) is 49.4 Å². The molecule has 0 radical (unpaired) electrons. The monoisotopic (exact) mass is 549 g/mol. The van der Waals surface area contributed by atoms with Crippen LogP contribution < -0.4 is 4.74 Å². The Hall–Kier alpha value is -3.14. The minimum Gasteiger partial charge on any atom is -0.481 e. The Morgan fingerprint density at radius 3 is 2.44 bits per heavy atom. The molecule has 0 amide bonds. The third-order valence-electron chi connectivity index (χ3n) is 7.18. The van der Waals surface area contributed by atoms with Crippen LogP contribution >= 0.6 is 0 Å². The molecule has 2 aromatic rings. The van der Waals surface area contributed by atoms with Gasteiger partial charge in [0.15, 0.2) is 0 Å². The highest BCUT2D eigenvalue weighted by Gasteiger charge is 2.35. The maximum atomic E-state index is 13.0. The van der Waals surface area contributed by atoms with Crippen molar-refractivity contribution in [3.05, 3.63) is 58.3 Å². The normalized spacial score (nSPS) is 19.0. The SMILES string of the molecule is CC.Cc1ccc(C2CCCCC2)c(C(F)(F)F)c1.O=C(O)C1CN(Cc2ccc3c(n2)OCC/C3=N\O)C1. The van der Waals surface area contributed by atoms with Crippen molar-refractivity contribution in [3.8, 4) is 5.88 Å². The van der Waals surface area contributed by atoms with E-state index in [1.54, 1.807) is 19.1 Å². The quantitative estimate of drug-likeness (QED) is 0.328. The standard InChI is InChI=1S/C14H17F3.C13H15N3O4.C2H6/c1-10-7-8-12(11-5-3-2-4-6-11)13(9-10)14(15,16)17;17-13(18)8-5-16(6-8)7-9-1-2-10-11(15-19)3-4-20-12(10)14-9;1-2/h7-9,11H,2-6H2,1H3;1-2,8,19H,3-7H2,(H,17,18);1-2H3/b;15-11+;. The second kappa shape index (κ2) is 13.8. The average Bonchev–Trinajstić information content (AvgIpc) is 2.91. The molecule has 0 unspecified atom stereocenters. The lowest BCUT2D eigenvalue weighted by Crippen LogP contribution is -2.49. The number of aliphatic carboxylic acids is 1. The van der Waals surface area contributed by atoms with E-state index in [1.165, 1.54) is 6.07 Å². The maximum Gasteiger partial charge on any atom is 0.416 e. The molecule has 10 heteroatoms. The molecule has 1 aromatic heterocycles. The van der Waals surface area contributed by atoms with Crippen molar-refractivity contribution in [1.29, 1.82) is 0 Å². The number of fused-ring (bicyclic) bond motifs is 1. The number of ether oxygens (including phenoxy) is 1. The van der Waals surface area contributed by atoms with Crippen molar-refractivity contribution >= 4 is 11.7 Å². The molecular formula is C29H38F3N3O4. The summed E-state index contributed by atoms with van der Waals surface area (Å²) < 4.78 is 44.4. The number of benzene rings is 1. The first-order valence-corrected chi connectivity index (χ1v) is 13.6. The summed E-state index contributed by atoms with van der Waals surface area (Å²) in [5.74, 6) is -0.429.